The zero-order valence-electron chi connectivity index (χ0n) is 17.1. The minimum absolute atomic E-state index is 0.0426. The SMILES string of the molecule is CCC(CC)C(=O)N(CC(=O)N(Cc1ccc(F)cc1)Cc1ccco1)C1CC1. The molecule has 2 amide bonds. The van der Waals surface area contributed by atoms with E-state index >= 15 is 0 Å². The molecule has 1 saturated carbocycles. The summed E-state index contributed by atoms with van der Waals surface area (Å²) in [5, 5.41) is 0. The van der Waals surface area contributed by atoms with Gasteiger partial charge in [0.2, 0.25) is 11.8 Å². The number of rotatable bonds is 10. The summed E-state index contributed by atoms with van der Waals surface area (Å²) in [6.07, 6.45) is 5.03. The van der Waals surface area contributed by atoms with Crippen LogP contribution >= 0.6 is 0 Å². The molecule has 2 aromatic rings. The Bertz CT molecular complexity index is 796. The Morgan fingerprint density at radius 2 is 1.79 bits per heavy atom. The number of hydrogen-bond donors (Lipinski definition) is 0. The lowest BCUT2D eigenvalue weighted by Gasteiger charge is -2.29. The minimum atomic E-state index is -0.312. The molecule has 1 aromatic heterocycles. The predicted octanol–water partition coefficient (Wildman–Crippen LogP) is 4.37. The molecule has 1 aliphatic rings. The number of benzene rings is 1. The zero-order valence-corrected chi connectivity index (χ0v) is 17.1. The standard InChI is InChI=1S/C23H29FN2O3/c1-3-18(4-2)23(28)26(20-11-12-20)16-22(27)25(15-21-6-5-13-29-21)14-17-7-9-19(24)10-8-17/h5-10,13,18,20H,3-4,11-12,14-16H2,1-2H3. The molecule has 3 rings (SSSR count). The first-order valence-electron chi connectivity index (χ1n) is 10.4. The average Bonchev–Trinajstić information content (AvgIpc) is 3.43. The third kappa shape index (κ3) is 5.68. The van der Waals surface area contributed by atoms with Gasteiger partial charge in [-0.3, -0.25) is 9.59 Å². The van der Waals surface area contributed by atoms with Gasteiger partial charge in [0.15, 0.2) is 0 Å². The predicted molar refractivity (Wildman–Crippen MR) is 108 cm³/mol. The van der Waals surface area contributed by atoms with Crippen LogP contribution in [0.2, 0.25) is 0 Å². The smallest absolute Gasteiger partial charge is 0.242 e. The summed E-state index contributed by atoms with van der Waals surface area (Å²) in [5.41, 5.74) is 0.829. The van der Waals surface area contributed by atoms with E-state index in [4.69, 9.17) is 4.42 Å². The van der Waals surface area contributed by atoms with E-state index in [0.717, 1.165) is 31.2 Å². The van der Waals surface area contributed by atoms with Gasteiger partial charge in [-0.1, -0.05) is 26.0 Å². The molecule has 0 spiro atoms. The highest BCUT2D eigenvalue weighted by atomic mass is 19.1. The number of carbonyl (C=O) groups excluding carboxylic acids is 2. The molecule has 0 bridgehead atoms. The Morgan fingerprint density at radius 1 is 1.10 bits per heavy atom. The fraction of sp³-hybridized carbons (Fsp3) is 0.478. The maximum absolute atomic E-state index is 13.2. The zero-order chi connectivity index (χ0) is 20.8. The first-order chi connectivity index (χ1) is 14.0. The van der Waals surface area contributed by atoms with Crippen molar-refractivity contribution in [3.05, 3.63) is 59.8 Å². The maximum Gasteiger partial charge on any atom is 0.242 e. The van der Waals surface area contributed by atoms with Crippen LogP contribution in [0, 0.1) is 11.7 Å². The number of hydrogen-bond acceptors (Lipinski definition) is 3. The first-order valence-corrected chi connectivity index (χ1v) is 10.4. The molecule has 0 N–H and O–H groups in total. The van der Waals surface area contributed by atoms with Crippen LogP contribution in [0.15, 0.2) is 47.1 Å². The van der Waals surface area contributed by atoms with E-state index in [2.05, 4.69) is 0 Å². The van der Waals surface area contributed by atoms with E-state index in [1.54, 1.807) is 34.3 Å². The van der Waals surface area contributed by atoms with Gasteiger partial charge in [0, 0.05) is 18.5 Å². The molecule has 0 radical (unpaired) electrons. The lowest BCUT2D eigenvalue weighted by molar-refractivity contribution is -0.144. The van der Waals surface area contributed by atoms with E-state index in [0.29, 0.717) is 18.8 Å². The Morgan fingerprint density at radius 3 is 2.34 bits per heavy atom. The number of halogens is 1. The highest BCUT2D eigenvalue weighted by molar-refractivity contribution is 5.86. The van der Waals surface area contributed by atoms with Crippen LogP contribution in [0.3, 0.4) is 0 Å². The van der Waals surface area contributed by atoms with Gasteiger partial charge < -0.3 is 14.2 Å². The number of carbonyl (C=O) groups is 2. The van der Waals surface area contributed by atoms with Crippen LogP contribution in [0.25, 0.3) is 0 Å². The summed E-state index contributed by atoms with van der Waals surface area (Å²) in [6, 6.07) is 9.89. The van der Waals surface area contributed by atoms with Crippen LogP contribution in [-0.2, 0) is 22.7 Å². The van der Waals surface area contributed by atoms with Crippen LogP contribution in [0.4, 0.5) is 4.39 Å². The van der Waals surface area contributed by atoms with E-state index in [1.807, 2.05) is 19.9 Å². The van der Waals surface area contributed by atoms with Crippen LogP contribution in [-0.4, -0.2) is 34.2 Å². The molecule has 0 aliphatic heterocycles. The fourth-order valence-corrected chi connectivity index (χ4v) is 3.52. The lowest BCUT2D eigenvalue weighted by Crippen LogP contribution is -2.45. The monoisotopic (exact) mass is 400 g/mol. The van der Waals surface area contributed by atoms with Gasteiger partial charge >= 0.3 is 0 Å². The van der Waals surface area contributed by atoms with Gasteiger partial charge in [-0.2, -0.15) is 0 Å². The lowest BCUT2D eigenvalue weighted by atomic mass is 10.0. The van der Waals surface area contributed by atoms with Gasteiger partial charge in [-0.25, -0.2) is 4.39 Å². The van der Waals surface area contributed by atoms with Crippen molar-refractivity contribution in [3.8, 4) is 0 Å². The Hall–Kier alpha value is -2.63. The average molecular weight is 400 g/mol. The normalized spacial score (nSPS) is 13.5. The summed E-state index contributed by atoms with van der Waals surface area (Å²) in [7, 11) is 0. The van der Waals surface area contributed by atoms with Gasteiger partial charge in [-0.15, -0.1) is 0 Å². The quantitative estimate of drug-likeness (QED) is 0.595. The van der Waals surface area contributed by atoms with Crippen molar-refractivity contribution in [1.29, 1.82) is 0 Å². The molecular weight excluding hydrogens is 371 g/mol. The molecule has 6 heteroatoms. The summed E-state index contributed by atoms with van der Waals surface area (Å²) < 4.78 is 18.7. The van der Waals surface area contributed by atoms with Gasteiger partial charge in [0.05, 0.1) is 12.8 Å². The molecule has 5 nitrogen and oxygen atoms in total. The summed E-state index contributed by atoms with van der Waals surface area (Å²) in [5.74, 6) is 0.264. The third-order valence-corrected chi connectivity index (χ3v) is 5.48. The number of nitrogens with zero attached hydrogens (tertiary/aromatic N) is 2. The number of furan rings is 1. The highest BCUT2D eigenvalue weighted by Crippen LogP contribution is 2.29. The largest absolute Gasteiger partial charge is 0.467 e. The van der Waals surface area contributed by atoms with Crippen molar-refractivity contribution >= 4 is 11.8 Å². The maximum atomic E-state index is 13.2. The summed E-state index contributed by atoms with van der Waals surface area (Å²) in [4.78, 5) is 29.6. The fourth-order valence-electron chi connectivity index (χ4n) is 3.52. The van der Waals surface area contributed by atoms with Gasteiger partial charge in [0.25, 0.3) is 0 Å². The Labute approximate surface area is 171 Å². The van der Waals surface area contributed by atoms with Crippen molar-refractivity contribution < 1.29 is 18.4 Å². The molecule has 1 heterocycles. The van der Waals surface area contributed by atoms with E-state index < -0.39 is 0 Å². The number of amides is 2. The topological polar surface area (TPSA) is 53.8 Å². The molecule has 1 fully saturated rings. The Kier molecular flexibility index (Phi) is 7.07. The second-order valence-corrected chi connectivity index (χ2v) is 7.67. The molecule has 29 heavy (non-hydrogen) atoms. The van der Waals surface area contributed by atoms with Gasteiger partial charge in [-0.05, 0) is 55.5 Å². The summed E-state index contributed by atoms with van der Waals surface area (Å²) in [6.45, 7) is 4.73. The van der Waals surface area contributed by atoms with Crippen molar-refractivity contribution in [1.82, 2.24) is 9.80 Å². The summed E-state index contributed by atoms with van der Waals surface area (Å²) >= 11 is 0. The molecule has 0 unspecified atom stereocenters. The van der Waals surface area contributed by atoms with Crippen molar-refractivity contribution in [2.75, 3.05) is 6.54 Å². The Balaban J connectivity index is 1.75. The molecule has 1 aliphatic carbocycles. The molecule has 156 valence electrons. The van der Waals surface area contributed by atoms with Crippen LogP contribution in [0.1, 0.15) is 50.9 Å². The second-order valence-electron chi connectivity index (χ2n) is 7.67. The van der Waals surface area contributed by atoms with Crippen molar-refractivity contribution in [3.63, 3.8) is 0 Å². The molecule has 0 saturated heterocycles. The van der Waals surface area contributed by atoms with Gasteiger partial charge in [0.1, 0.15) is 18.1 Å². The molecular formula is C23H29FN2O3. The third-order valence-electron chi connectivity index (χ3n) is 5.48. The highest BCUT2D eigenvalue weighted by Gasteiger charge is 2.36. The van der Waals surface area contributed by atoms with Crippen molar-refractivity contribution in [2.45, 2.75) is 58.7 Å². The van der Waals surface area contributed by atoms with E-state index in [9.17, 15) is 14.0 Å². The van der Waals surface area contributed by atoms with E-state index in [-0.39, 0.29) is 36.1 Å². The van der Waals surface area contributed by atoms with Crippen molar-refractivity contribution in [2.24, 2.45) is 5.92 Å². The van der Waals surface area contributed by atoms with E-state index in [1.165, 1.54) is 12.1 Å². The minimum Gasteiger partial charge on any atom is -0.467 e. The molecule has 0 atom stereocenters. The second kappa shape index (κ2) is 9.72. The van der Waals surface area contributed by atoms with Crippen LogP contribution in [0.5, 0.6) is 0 Å². The van der Waals surface area contributed by atoms with Crippen LogP contribution < -0.4 is 0 Å². The first kappa shape index (κ1) is 21.1. The molecule has 1 aromatic carbocycles.